The van der Waals surface area contributed by atoms with Crippen LogP contribution in [0, 0.1) is 20.8 Å². The maximum atomic E-state index is 13.2. The molecule has 2 N–H and O–H groups in total. The summed E-state index contributed by atoms with van der Waals surface area (Å²) in [5.41, 5.74) is 13.2. The molecule has 10 nitrogen and oxygen atoms in total. The molecule has 0 aromatic heterocycles. The monoisotopic (exact) mass is 966 g/mol. The van der Waals surface area contributed by atoms with Gasteiger partial charge in [-0.05, 0) is 150 Å². The molecule has 8 aromatic rings. The lowest BCUT2D eigenvalue weighted by atomic mass is 9.77. The van der Waals surface area contributed by atoms with Crippen molar-refractivity contribution in [1.82, 2.24) is 0 Å². The normalized spacial score (nSPS) is 17.0. The highest BCUT2D eigenvalue weighted by molar-refractivity contribution is 5.98. The molecule has 0 bridgehead atoms. The Morgan fingerprint density at radius 1 is 0.411 bits per heavy atom. The Hall–Kier alpha value is -8.50. The SMILES string of the molecule is CCN(CC)c1ccc2c(c1)Oc1cc(C)c(Nc3cccc(C)c3)cc1C21OC(=O)c2ccccc21.CCN(CC)c1ccc2c(c1)Oc1cc(C)c(Nc3ccccc3)cc1C21OC(=O)c2ccccc21. The van der Waals surface area contributed by atoms with Crippen LogP contribution in [0.15, 0.2) is 164 Å². The van der Waals surface area contributed by atoms with Crippen molar-refractivity contribution in [3.8, 4) is 23.0 Å². The van der Waals surface area contributed by atoms with Crippen LogP contribution in [0.4, 0.5) is 34.1 Å². The molecule has 2 atom stereocenters. The third kappa shape index (κ3) is 7.80. The molecular weight excluding hydrogens is 909 g/mol. The minimum Gasteiger partial charge on any atom is -0.456 e. The smallest absolute Gasteiger partial charge is 0.340 e. The van der Waals surface area contributed by atoms with Gasteiger partial charge in [0.2, 0.25) is 0 Å². The van der Waals surface area contributed by atoms with Crippen molar-refractivity contribution in [2.24, 2.45) is 0 Å². The number of fused-ring (bicyclic) bond motifs is 12. The molecule has 4 heterocycles. The first-order chi connectivity index (χ1) is 35.5. The summed E-state index contributed by atoms with van der Waals surface area (Å²) in [6.45, 7) is 18.3. The zero-order valence-corrected chi connectivity index (χ0v) is 42.3. The summed E-state index contributed by atoms with van der Waals surface area (Å²) in [7, 11) is 0. The number of hydrogen-bond donors (Lipinski definition) is 2. The second-order valence-electron chi connectivity index (χ2n) is 19.0. The maximum Gasteiger partial charge on any atom is 0.340 e. The molecule has 10 heteroatoms. The Morgan fingerprint density at radius 3 is 1.30 bits per heavy atom. The lowest BCUT2D eigenvalue weighted by Gasteiger charge is -2.37. The van der Waals surface area contributed by atoms with E-state index in [4.69, 9.17) is 18.9 Å². The van der Waals surface area contributed by atoms with Crippen LogP contribution in [0.25, 0.3) is 0 Å². The fourth-order valence-electron chi connectivity index (χ4n) is 11.0. The summed E-state index contributed by atoms with van der Waals surface area (Å²) in [6.07, 6.45) is 0. The first-order valence-electron chi connectivity index (χ1n) is 25.3. The van der Waals surface area contributed by atoms with Gasteiger partial charge in [-0.2, -0.15) is 0 Å². The molecule has 2 unspecified atom stereocenters. The van der Waals surface area contributed by atoms with Gasteiger partial charge in [-0.1, -0.05) is 66.7 Å². The van der Waals surface area contributed by atoms with Gasteiger partial charge in [0, 0.05) is 106 Å². The van der Waals surface area contributed by atoms with Gasteiger partial charge >= 0.3 is 11.9 Å². The van der Waals surface area contributed by atoms with Gasteiger partial charge in [0.15, 0.2) is 11.2 Å². The predicted molar refractivity (Wildman–Crippen MR) is 290 cm³/mol. The number of carbonyl (C=O) groups excluding carboxylic acids is 2. The summed E-state index contributed by atoms with van der Waals surface area (Å²) in [5.74, 6) is 2.16. The minimum atomic E-state index is -1.09. The lowest BCUT2D eigenvalue weighted by molar-refractivity contribution is 0.0214. The molecule has 0 aliphatic carbocycles. The van der Waals surface area contributed by atoms with Gasteiger partial charge in [0.05, 0.1) is 11.1 Å². The van der Waals surface area contributed by atoms with E-state index in [-0.39, 0.29) is 11.9 Å². The molecule has 4 aliphatic rings. The van der Waals surface area contributed by atoms with Crippen molar-refractivity contribution in [2.75, 3.05) is 46.6 Å². The Morgan fingerprint density at radius 2 is 0.836 bits per heavy atom. The second-order valence-corrected chi connectivity index (χ2v) is 19.0. The summed E-state index contributed by atoms with van der Waals surface area (Å²) in [5, 5.41) is 7.09. The first-order valence-corrected chi connectivity index (χ1v) is 25.3. The molecule has 4 aliphatic heterocycles. The first kappa shape index (κ1) is 46.9. The zero-order valence-electron chi connectivity index (χ0n) is 42.3. The number of benzene rings is 8. The number of rotatable bonds is 10. The van der Waals surface area contributed by atoms with Gasteiger partial charge < -0.3 is 39.4 Å². The minimum absolute atomic E-state index is 0.323. The van der Waals surface area contributed by atoms with E-state index in [0.717, 1.165) is 105 Å². The average molecular weight is 967 g/mol. The highest BCUT2D eigenvalue weighted by Gasteiger charge is 2.55. The highest BCUT2D eigenvalue weighted by atomic mass is 16.6. The molecule has 73 heavy (non-hydrogen) atoms. The molecule has 0 saturated heterocycles. The molecule has 8 aromatic carbocycles. The molecule has 0 amide bonds. The van der Waals surface area contributed by atoms with Gasteiger partial charge in [0.1, 0.15) is 23.0 Å². The van der Waals surface area contributed by atoms with Gasteiger partial charge in [-0.15, -0.1) is 0 Å². The van der Waals surface area contributed by atoms with E-state index in [9.17, 15) is 9.59 Å². The van der Waals surface area contributed by atoms with Crippen molar-refractivity contribution in [1.29, 1.82) is 0 Å². The Bertz CT molecular complexity index is 3470. The second kappa shape index (κ2) is 18.6. The third-order valence-corrected chi connectivity index (χ3v) is 14.7. The van der Waals surface area contributed by atoms with E-state index in [0.29, 0.717) is 34.1 Å². The van der Waals surface area contributed by atoms with E-state index in [1.54, 1.807) is 0 Å². The van der Waals surface area contributed by atoms with Crippen LogP contribution in [-0.4, -0.2) is 38.1 Å². The van der Waals surface area contributed by atoms with Crippen molar-refractivity contribution in [3.63, 3.8) is 0 Å². The summed E-state index contributed by atoms with van der Waals surface area (Å²) >= 11 is 0. The maximum absolute atomic E-state index is 13.2. The van der Waals surface area contributed by atoms with Crippen LogP contribution in [0.3, 0.4) is 0 Å². The van der Waals surface area contributed by atoms with E-state index in [1.165, 1.54) is 5.56 Å². The Labute approximate surface area is 427 Å². The van der Waals surface area contributed by atoms with E-state index in [2.05, 4.69) is 123 Å². The third-order valence-electron chi connectivity index (χ3n) is 14.7. The summed E-state index contributed by atoms with van der Waals surface area (Å²) in [4.78, 5) is 31.0. The van der Waals surface area contributed by atoms with Crippen molar-refractivity contribution >= 4 is 46.1 Å². The Balaban J connectivity index is 0.000000157. The quantitative estimate of drug-likeness (QED) is 0.129. The van der Waals surface area contributed by atoms with Crippen molar-refractivity contribution in [3.05, 3.63) is 225 Å². The number of para-hydroxylation sites is 1. The average Bonchev–Trinajstić information content (AvgIpc) is 3.87. The number of hydrogen-bond acceptors (Lipinski definition) is 10. The largest absolute Gasteiger partial charge is 0.456 e. The standard InChI is InChI=1S/C32H30N2O3.C31H28N2O3/c1-5-34(6-2)23-14-15-26-30(18-23)36-29-17-21(4)28(33-22-11-9-10-20(3)16-22)19-27(29)32(26)25-13-8-7-12-24(25)31(35)37-32;1-4-33(5-2)22-15-16-25-29(18-22)35-28-17-20(3)27(32-21-11-7-6-8-12-21)19-26(28)31(25)24-14-10-9-13-23(24)30(34)36-31/h7-19,33H,5-6H2,1-4H3;6-19,32H,4-5H2,1-3H3. The van der Waals surface area contributed by atoms with Crippen LogP contribution in [0.5, 0.6) is 23.0 Å². The number of nitrogens with one attached hydrogen (secondary N) is 2. The predicted octanol–water partition coefficient (Wildman–Crippen LogP) is 14.6. The molecule has 0 radical (unpaired) electrons. The summed E-state index contributed by atoms with van der Waals surface area (Å²) in [6, 6.07) is 54.3. The van der Waals surface area contributed by atoms with Crippen LogP contribution in [0.2, 0.25) is 0 Å². The molecule has 12 rings (SSSR count). The van der Waals surface area contributed by atoms with Crippen LogP contribution >= 0.6 is 0 Å². The molecule has 0 fully saturated rings. The van der Waals surface area contributed by atoms with E-state index in [1.807, 2.05) is 109 Å². The fourth-order valence-corrected chi connectivity index (χ4v) is 11.0. The van der Waals surface area contributed by atoms with Crippen LogP contribution in [-0.2, 0) is 20.7 Å². The fraction of sp³-hybridized carbons (Fsp3) is 0.206. The Kier molecular flexibility index (Phi) is 11.9. The van der Waals surface area contributed by atoms with Gasteiger partial charge in [-0.3, -0.25) is 0 Å². The molecule has 2 spiro atoms. The molecule has 366 valence electrons. The summed E-state index contributed by atoms with van der Waals surface area (Å²) < 4.78 is 25.8. The number of carbonyl (C=O) groups is 2. The molecular formula is C63H58N4O6. The number of nitrogens with zero attached hydrogens (tertiary/aromatic N) is 2. The van der Waals surface area contributed by atoms with Gasteiger partial charge in [-0.25, -0.2) is 9.59 Å². The van der Waals surface area contributed by atoms with E-state index < -0.39 is 11.2 Å². The van der Waals surface area contributed by atoms with Gasteiger partial charge in [0.25, 0.3) is 0 Å². The van der Waals surface area contributed by atoms with Crippen molar-refractivity contribution in [2.45, 2.75) is 59.7 Å². The number of aryl methyl sites for hydroxylation is 3. The zero-order chi connectivity index (χ0) is 50.6. The van der Waals surface area contributed by atoms with Crippen LogP contribution in [0.1, 0.15) is 98.5 Å². The number of esters is 2. The lowest BCUT2D eigenvalue weighted by Crippen LogP contribution is -2.33. The number of anilines is 6. The van der Waals surface area contributed by atoms with E-state index >= 15 is 0 Å². The van der Waals surface area contributed by atoms with Crippen molar-refractivity contribution < 1.29 is 28.5 Å². The topological polar surface area (TPSA) is 102 Å². The van der Waals surface area contributed by atoms with Crippen LogP contribution < -0.4 is 29.9 Å². The highest BCUT2D eigenvalue weighted by Crippen LogP contribution is 2.59. The molecule has 0 saturated carbocycles. The number of ether oxygens (including phenoxy) is 4.